The molecular weight excluding hydrogens is 204 g/mol. The highest BCUT2D eigenvalue weighted by Gasteiger charge is 2.38. The van der Waals surface area contributed by atoms with E-state index < -0.39 is 0 Å². The van der Waals surface area contributed by atoms with Crippen molar-refractivity contribution in [1.82, 2.24) is 10.3 Å². The van der Waals surface area contributed by atoms with E-state index >= 15 is 0 Å². The minimum Gasteiger partial charge on any atom is -0.481 e. The van der Waals surface area contributed by atoms with E-state index in [9.17, 15) is 4.79 Å². The highest BCUT2D eigenvalue weighted by Crippen LogP contribution is 2.37. The van der Waals surface area contributed by atoms with Crippen LogP contribution in [-0.4, -0.2) is 18.0 Å². The van der Waals surface area contributed by atoms with Gasteiger partial charge in [0.05, 0.1) is 7.11 Å². The van der Waals surface area contributed by atoms with Gasteiger partial charge in [-0.3, -0.25) is 4.79 Å². The largest absolute Gasteiger partial charge is 0.481 e. The molecule has 2 atom stereocenters. The molecule has 0 saturated heterocycles. The van der Waals surface area contributed by atoms with Crippen molar-refractivity contribution in [3.05, 3.63) is 23.9 Å². The van der Waals surface area contributed by atoms with Crippen molar-refractivity contribution >= 4 is 5.91 Å². The number of aromatic nitrogens is 1. The van der Waals surface area contributed by atoms with Crippen molar-refractivity contribution in [3.8, 4) is 5.88 Å². The second-order valence-corrected chi connectivity index (χ2v) is 4.24. The first kappa shape index (κ1) is 10.9. The second-order valence-electron chi connectivity index (χ2n) is 4.24. The number of amides is 1. The van der Waals surface area contributed by atoms with Crippen LogP contribution in [0.4, 0.5) is 0 Å². The van der Waals surface area contributed by atoms with E-state index in [4.69, 9.17) is 4.74 Å². The third kappa shape index (κ3) is 2.51. The molecule has 2 rings (SSSR count). The van der Waals surface area contributed by atoms with Crippen LogP contribution in [0.25, 0.3) is 0 Å². The van der Waals surface area contributed by atoms with Gasteiger partial charge in [-0.15, -0.1) is 0 Å². The summed E-state index contributed by atoms with van der Waals surface area (Å²) in [5.41, 5.74) is 1.01. The summed E-state index contributed by atoms with van der Waals surface area (Å²) in [6.07, 6.45) is 2.70. The van der Waals surface area contributed by atoms with Crippen LogP contribution in [0.2, 0.25) is 0 Å². The van der Waals surface area contributed by atoms with Gasteiger partial charge in [0.2, 0.25) is 11.8 Å². The summed E-state index contributed by atoms with van der Waals surface area (Å²) in [6, 6.07) is 3.70. The van der Waals surface area contributed by atoms with E-state index in [2.05, 4.69) is 17.2 Å². The molecule has 86 valence electrons. The van der Waals surface area contributed by atoms with E-state index in [1.165, 1.54) is 0 Å². The Bertz CT molecular complexity index is 392. The highest BCUT2D eigenvalue weighted by molar-refractivity contribution is 5.81. The van der Waals surface area contributed by atoms with Crippen LogP contribution >= 0.6 is 0 Å². The lowest BCUT2D eigenvalue weighted by molar-refractivity contribution is -0.122. The summed E-state index contributed by atoms with van der Waals surface area (Å²) in [6.45, 7) is 2.64. The molecule has 0 bridgehead atoms. The van der Waals surface area contributed by atoms with Crippen LogP contribution in [0.1, 0.15) is 18.9 Å². The van der Waals surface area contributed by atoms with Gasteiger partial charge in [-0.1, -0.05) is 6.92 Å². The van der Waals surface area contributed by atoms with Gasteiger partial charge in [0, 0.05) is 24.7 Å². The average molecular weight is 220 g/mol. The standard InChI is InChI=1S/C12H16N2O2/c1-8-5-10(8)12(15)14-7-9-3-4-13-11(6-9)16-2/h3-4,6,8,10H,5,7H2,1-2H3,(H,14,15). The summed E-state index contributed by atoms with van der Waals surface area (Å²) in [5, 5.41) is 2.92. The smallest absolute Gasteiger partial charge is 0.223 e. The number of methoxy groups -OCH3 is 1. The molecule has 4 nitrogen and oxygen atoms in total. The zero-order chi connectivity index (χ0) is 11.5. The quantitative estimate of drug-likeness (QED) is 0.833. The number of nitrogens with zero attached hydrogens (tertiary/aromatic N) is 1. The molecular formula is C12H16N2O2. The van der Waals surface area contributed by atoms with Crippen LogP contribution in [0, 0.1) is 11.8 Å². The van der Waals surface area contributed by atoms with Gasteiger partial charge >= 0.3 is 0 Å². The van der Waals surface area contributed by atoms with Crippen molar-refractivity contribution in [2.75, 3.05) is 7.11 Å². The fraction of sp³-hybridized carbons (Fsp3) is 0.500. The fourth-order valence-electron chi connectivity index (χ4n) is 1.68. The summed E-state index contributed by atoms with van der Waals surface area (Å²) in [4.78, 5) is 15.6. The van der Waals surface area contributed by atoms with E-state index in [1.54, 1.807) is 13.3 Å². The van der Waals surface area contributed by atoms with E-state index in [0.29, 0.717) is 18.3 Å². The Morgan fingerprint density at radius 3 is 3.06 bits per heavy atom. The number of carbonyl (C=O) groups is 1. The lowest BCUT2D eigenvalue weighted by Gasteiger charge is -2.05. The molecule has 0 spiro atoms. The van der Waals surface area contributed by atoms with Crippen LogP contribution in [-0.2, 0) is 11.3 Å². The minimum atomic E-state index is 0.156. The fourth-order valence-corrected chi connectivity index (χ4v) is 1.68. The van der Waals surface area contributed by atoms with E-state index in [0.717, 1.165) is 12.0 Å². The maximum absolute atomic E-state index is 11.6. The molecule has 1 fully saturated rings. The van der Waals surface area contributed by atoms with Crippen molar-refractivity contribution in [2.45, 2.75) is 19.9 Å². The Labute approximate surface area is 95.0 Å². The topological polar surface area (TPSA) is 51.2 Å². The van der Waals surface area contributed by atoms with Crippen molar-refractivity contribution < 1.29 is 9.53 Å². The average Bonchev–Trinajstić information content (AvgIpc) is 3.04. The molecule has 1 saturated carbocycles. The molecule has 0 aliphatic heterocycles. The summed E-state index contributed by atoms with van der Waals surface area (Å²) < 4.78 is 5.01. The number of hydrogen-bond donors (Lipinski definition) is 1. The van der Waals surface area contributed by atoms with Gasteiger partial charge in [-0.2, -0.15) is 0 Å². The summed E-state index contributed by atoms with van der Waals surface area (Å²) in [7, 11) is 1.58. The maximum atomic E-state index is 11.6. The highest BCUT2D eigenvalue weighted by atomic mass is 16.5. The maximum Gasteiger partial charge on any atom is 0.223 e. The zero-order valence-corrected chi connectivity index (χ0v) is 9.56. The minimum absolute atomic E-state index is 0.156. The first-order valence-electron chi connectivity index (χ1n) is 5.47. The Balaban J connectivity index is 1.86. The van der Waals surface area contributed by atoms with Crippen LogP contribution < -0.4 is 10.1 Å². The Morgan fingerprint density at radius 1 is 1.69 bits per heavy atom. The summed E-state index contributed by atoms with van der Waals surface area (Å²) in [5.74, 6) is 1.51. The molecule has 1 aromatic rings. The monoisotopic (exact) mass is 220 g/mol. The van der Waals surface area contributed by atoms with Gasteiger partial charge in [-0.05, 0) is 24.0 Å². The summed E-state index contributed by atoms with van der Waals surface area (Å²) >= 11 is 0. The molecule has 0 aromatic carbocycles. The number of nitrogens with one attached hydrogen (secondary N) is 1. The van der Waals surface area contributed by atoms with Crippen molar-refractivity contribution in [1.29, 1.82) is 0 Å². The first-order chi connectivity index (χ1) is 7.70. The molecule has 1 aliphatic carbocycles. The number of ether oxygens (including phenoxy) is 1. The van der Waals surface area contributed by atoms with Gasteiger partial charge < -0.3 is 10.1 Å². The van der Waals surface area contributed by atoms with Crippen molar-refractivity contribution in [3.63, 3.8) is 0 Å². The Morgan fingerprint density at radius 2 is 2.44 bits per heavy atom. The third-order valence-corrected chi connectivity index (χ3v) is 2.92. The lowest BCUT2D eigenvalue weighted by Crippen LogP contribution is -2.24. The lowest BCUT2D eigenvalue weighted by atomic mass is 10.2. The van der Waals surface area contributed by atoms with E-state index in [-0.39, 0.29) is 11.8 Å². The van der Waals surface area contributed by atoms with Crippen LogP contribution in [0.5, 0.6) is 5.88 Å². The molecule has 1 heterocycles. The molecule has 1 aliphatic rings. The number of pyridine rings is 1. The SMILES string of the molecule is COc1cc(CNC(=O)C2CC2C)ccn1. The van der Waals surface area contributed by atoms with Crippen molar-refractivity contribution in [2.24, 2.45) is 11.8 Å². The van der Waals surface area contributed by atoms with Crippen LogP contribution in [0.15, 0.2) is 18.3 Å². The molecule has 2 unspecified atom stereocenters. The molecule has 1 aromatic heterocycles. The first-order valence-corrected chi connectivity index (χ1v) is 5.47. The zero-order valence-electron chi connectivity index (χ0n) is 9.56. The van der Waals surface area contributed by atoms with Gasteiger partial charge in [0.15, 0.2) is 0 Å². The third-order valence-electron chi connectivity index (χ3n) is 2.92. The number of hydrogen-bond acceptors (Lipinski definition) is 3. The van der Waals surface area contributed by atoms with Gasteiger partial charge in [-0.25, -0.2) is 4.98 Å². The van der Waals surface area contributed by atoms with Gasteiger partial charge in [0.25, 0.3) is 0 Å². The normalized spacial score (nSPS) is 22.6. The molecule has 4 heteroatoms. The second kappa shape index (κ2) is 4.51. The Hall–Kier alpha value is -1.58. The van der Waals surface area contributed by atoms with Gasteiger partial charge in [0.1, 0.15) is 0 Å². The molecule has 16 heavy (non-hydrogen) atoms. The molecule has 1 N–H and O–H groups in total. The predicted molar refractivity (Wildman–Crippen MR) is 59.9 cm³/mol. The number of rotatable bonds is 4. The van der Waals surface area contributed by atoms with Crippen LogP contribution in [0.3, 0.4) is 0 Å². The van der Waals surface area contributed by atoms with E-state index in [1.807, 2.05) is 12.1 Å². The molecule has 0 radical (unpaired) electrons. The predicted octanol–water partition coefficient (Wildman–Crippen LogP) is 1.36. The Kier molecular flexibility index (Phi) is 3.08. The molecule has 1 amide bonds. The number of carbonyl (C=O) groups excluding carboxylic acids is 1.